The topological polar surface area (TPSA) is 70.6 Å². The van der Waals surface area contributed by atoms with E-state index in [1.807, 2.05) is 0 Å². The molecule has 3 rings (SSSR count). The van der Waals surface area contributed by atoms with Gasteiger partial charge in [-0.1, -0.05) is 12.1 Å². The van der Waals surface area contributed by atoms with E-state index < -0.39 is 18.0 Å². The summed E-state index contributed by atoms with van der Waals surface area (Å²) in [4.78, 5) is 25.3. The van der Waals surface area contributed by atoms with Crippen LogP contribution in [0.2, 0.25) is 0 Å². The molecule has 10 heteroatoms. The normalized spacial score (nSPS) is 14.4. The summed E-state index contributed by atoms with van der Waals surface area (Å²) in [5.41, 5.74) is 0.0530. The summed E-state index contributed by atoms with van der Waals surface area (Å²) in [6.07, 6.45) is -0.128. The summed E-state index contributed by atoms with van der Waals surface area (Å²) in [6.45, 7) is 1.72. The lowest BCUT2D eigenvalue weighted by atomic mass is 10.1. The van der Waals surface area contributed by atoms with E-state index in [4.69, 9.17) is 0 Å². The highest BCUT2D eigenvalue weighted by Crippen LogP contribution is 2.29. The first-order valence-corrected chi connectivity index (χ1v) is 9.20. The zero-order valence-electron chi connectivity index (χ0n) is 16.2. The Bertz CT molecular complexity index is 867. The summed E-state index contributed by atoms with van der Waals surface area (Å²) in [5, 5.41) is 2.59. The molecule has 0 spiro atoms. The highest BCUT2D eigenvalue weighted by Gasteiger charge is 2.33. The number of hydrogen-bond acceptors (Lipinski definition) is 6. The van der Waals surface area contributed by atoms with Crippen LogP contribution >= 0.6 is 0 Å². The number of hydrogen-bond donors (Lipinski definition) is 1. The first-order chi connectivity index (χ1) is 13.7. The van der Waals surface area contributed by atoms with Crippen LogP contribution in [0.5, 0.6) is 5.75 Å². The second-order valence-corrected chi connectivity index (χ2v) is 6.85. The van der Waals surface area contributed by atoms with Gasteiger partial charge in [0.05, 0.1) is 11.8 Å². The van der Waals surface area contributed by atoms with Gasteiger partial charge in [0.1, 0.15) is 11.4 Å². The maximum Gasteiger partial charge on any atom is 0.573 e. The van der Waals surface area contributed by atoms with Crippen LogP contribution in [-0.2, 0) is 0 Å². The molecule has 1 saturated heterocycles. The first kappa shape index (κ1) is 20.7. The Morgan fingerprint density at radius 3 is 2.52 bits per heavy atom. The molecule has 1 aromatic carbocycles. The van der Waals surface area contributed by atoms with Gasteiger partial charge in [0.2, 0.25) is 5.95 Å². The highest BCUT2D eigenvalue weighted by atomic mass is 19.4. The molecule has 0 aliphatic carbocycles. The average Bonchev–Trinajstić information content (AvgIpc) is 2.68. The van der Waals surface area contributed by atoms with Crippen molar-refractivity contribution in [3.8, 4) is 5.75 Å². The summed E-state index contributed by atoms with van der Waals surface area (Å²) >= 11 is 0. The molecule has 0 radical (unpaired) electrons. The molecular weight excluding hydrogens is 387 g/mol. The molecule has 1 aliphatic heterocycles. The molecule has 2 heterocycles. The molecule has 1 aliphatic rings. The van der Waals surface area contributed by atoms with Gasteiger partial charge in [0.25, 0.3) is 5.91 Å². The third kappa shape index (κ3) is 5.27. The minimum atomic E-state index is -4.90. The number of para-hydroxylation sites is 1. The van der Waals surface area contributed by atoms with Crippen molar-refractivity contribution < 1.29 is 22.7 Å². The number of piperidine rings is 1. The Hall–Kier alpha value is -3.04. The number of nitrogens with zero attached hydrogens (tertiary/aromatic N) is 4. The quantitative estimate of drug-likeness (QED) is 0.812. The maximum absolute atomic E-state index is 12.6. The average molecular weight is 409 g/mol. The van der Waals surface area contributed by atoms with Crippen LogP contribution < -0.4 is 19.9 Å². The van der Waals surface area contributed by atoms with E-state index in [1.54, 1.807) is 19.0 Å². The maximum atomic E-state index is 12.6. The molecule has 29 heavy (non-hydrogen) atoms. The Kier molecular flexibility index (Phi) is 6.09. The number of benzene rings is 1. The smallest absolute Gasteiger partial charge is 0.405 e. The second-order valence-electron chi connectivity index (χ2n) is 6.85. The van der Waals surface area contributed by atoms with Crippen molar-refractivity contribution in [3.63, 3.8) is 0 Å². The van der Waals surface area contributed by atoms with Crippen LogP contribution in [0.4, 0.5) is 30.6 Å². The number of aromatic nitrogens is 2. The van der Waals surface area contributed by atoms with E-state index in [0.29, 0.717) is 17.5 Å². The molecule has 7 nitrogen and oxygen atoms in total. The zero-order valence-corrected chi connectivity index (χ0v) is 16.2. The van der Waals surface area contributed by atoms with Crippen molar-refractivity contribution in [3.05, 3.63) is 36.0 Å². The number of nitrogens with one attached hydrogen (secondary N) is 1. The van der Waals surface area contributed by atoms with E-state index in [-0.39, 0.29) is 5.56 Å². The van der Waals surface area contributed by atoms with Gasteiger partial charge in [-0.3, -0.25) is 4.79 Å². The van der Waals surface area contributed by atoms with Gasteiger partial charge < -0.3 is 19.9 Å². The van der Waals surface area contributed by atoms with E-state index >= 15 is 0 Å². The molecule has 0 unspecified atom stereocenters. The SMILES string of the molecule is CN(C)c1nc(N2CCCCC2)ncc1NC(=O)c1ccccc1OC(F)(F)F. The third-order valence-corrected chi connectivity index (χ3v) is 4.42. The fourth-order valence-corrected chi connectivity index (χ4v) is 3.10. The van der Waals surface area contributed by atoms with Gasteiger partial charge in [-0.05, 0) is 31.4 Å². The lowest BCUT2D eigenvalue weighted by Crippen LogP contribution is -2.31. The fourth-order valence-electron chi connectivity index (χ4n) is 3.10. The van der Waals surface area contributed by atoms with Crippen LogP contribution in [0.15, 0.2) is 30.5 Å². The van der Waals surface area contributed by atoms with Crippen LogP contribution in [0, 0.1) is 0 Å². The molecule has 1 aromatic heterocycles. The molecule has 1 N–H and O–H groups in total. The van der Waals surface area contributed by atoms with Crippen molar-refractivity contribution >= 4 is 23.4 Å². The molecular formula is C19H22F3N5O2. The van der Waals surface area contributed by atoms with Gasteiger partial charge >= 0.3 is 6.36 Å². The first-order valence-electron chi connectivity index (χ1n) is 9.20. The second kappa shape index (κ2) is 8.54. The van der Waals surface area contributed by atoms with E-state index in [1.165, 1.54) is 30.8 Å². The lowest BCUT2D eigenvalue weighted by molar-refractivity contribution is -0.274. The Morgan fingerprint density at radius 1 is 1.17 bits per heavy atom. The predicted octanol–water partition coefficient (Wildman–Crippen LogP) is 3.68. The molecule has 0 saturated carbocycles. The monoisotopic (exact) mass is 409 g/mol. The van der Waals surface area contributed by atoms with Crippen LogP contribution in [0.1, 0.15) is 29.6 Å². The van der Waals surface area contributed by atoms with Gasteiger partial charge in [0.15, 0.2) is 5.82 Å². The third-order valence-electron chi connectivity index (χ3n) is 4.42. The largest absolute Gasteiger partial charge is 0.573 e. The van der Waals surface area contributed by atoms with Crippen molar-refractivity contribution in [1.82, 2.24) is 9.97 Å². The highest BCUT2D eigenvalue weighted by molar-refractivity contribution is 6.07. The zero-order chi connectivity index (χ0) is 21.0. The Labute approximate surface area is 166 Å². The molecule has 156 valence electrons. The number of rotatable bonds is 5. The minimum Gasteiger partial charge on any atom is -0.405 e. The van der Waals surface area contributed by atoms with Gasteiger partial charge in [-0.25, -0.2) is 4.98 Å². The number of amides is 1. The molecule has 1 amide bonds. The standard InChI is InChI=1S/C19H22F3N5O2/c1-26(2)16-14(12-23-18(25-16)27-10-6-3-7-11-27)24-17(28)13-8-4-5-9-15(13)29-19(20,21)22/h4-5,8-9,12H,3,6-7,10-11H2,1-2H3,(H,24,28). The van der Waals surface area contributed by atoms with Crippen LogP contribution in [0.3, 0.4) is 0 Å². The van der Waals surface area contributed by atoms with Gasteiger partial charge in [0, 0.05) is 27.2 Å². The van der Waals surface area contributed by atoms with Gasteiger partial charge in [-0.2, -0.15) is 4.98 Å². The van der Waals surface area contributed by atoms with E-state index in [0.717, 1.165) is 32.0 Å². The number of carbonyl (C=O) groups excluding carboxylic acids is 1. The summed E-state index contributed by atoms with van der Waals surface area (Å²) in [6, 6.07) is 5.17. The number of carbonyl (C=O) groups is 1. The number of halogens is 3. The van der Waals surface area contributed by atoms with Crippen molar-refractivity contribution in [2.24, 2.45) is 0 Å². The lowest BCUT2D eigenvalue weighted by Gasteiger charge is -2.28. The number of anilines is 3. The molecule has 0 bridgehead atoms. The fraction of sp³-hybridized carbons (Fsp3) is 0.421. The van der Waals surface area contributed by atoms with E-state index in [2.05, 4.69) is 24.9 Å². The molecule has 0 atom stereocenters. The van der Waals surface area contributed by atoms with E-state index in [9.17, 15) is 18.0 Å². The number of alkyl halides is 3. The predicted molar refractivity (Wildman–Crippen MR) is 104 cm³/mol. The molecule has 2 aromatic rings. The Morgan fingerprint density at radius 2 is 1.86 bits per heavy atom. The molecule has 1 fully saturated rings. The van der Waals surface area contributed by atoms with Crippen molar-refractivity contribution in [1.29, 1.82) is 0 Å². The van der Waals surface area contributed by atoms with Crippen molar-refractivity contribution in [2.45, 2.75) is 25.6 Å². The summed E-state index contributed by atoms with van der Waals surface area (Å²) in [7, 11) is 3.53. The van der Waals surface area contributed by atoms with Crippen LogP contribution in [-0.4, -0.2) is 49.4 Å². The van der Waals surface area contributed by atoms with Crippen LogP contribution in [0.25, 0.3) is 0 Å². The summed E-state index contributed by atoms with van der Waals surface area (Å²) < 4.78 is 41.8. The summed E-state index contributed by atoms with van der Waals surface area (Å²) in [5.74, 6) is -0.299. The number of ether oxygens (including phenoxy) is 1. The van der Waals surface area contributed by atoms with Gasteiger partial charge in [-0.15, -0.1) is 13.2 Å². The Balaban J connectivity index is 1.85. The van der Waals surface area contributed by atoms with Crippen molar-refractivity contribution in [2.75, 3.05) is 42.3 Å². The minimum absolute atomic E-state index is 0.241.